The second-order valence-corrected chi connectivity index (χ2v) is 10.4. The van der Waals surface area contributed by atoms with Crippen molar-refractivity contribution in [1.82, 2.24) is 9.62 Å². The van der Waals surface area contributed by atoms with E-state index in [1.54, 1.807) is 28.6 Å². The van der Waals surface area contributed by atoms with Crippen molar-refractivity contribution >= 4 is 20.8 Å². The number of piperidine rings is 1. The van der Waals surface area contributed by atoms with E-state index in [1.165, 1.54) is 12.1 Å². The molecule has 1 heterocycles. The summed E-state index contributed by atoms with van der Waals surface area (Å²) in [6, 6.07) is 19.4. The fraction of sp³-hybridized carbons (Fsp3) is 0.360. The number of benzene rings is 3. The number of aromatic hydroxyl groups is 1. The molecule has 1 aliphatic heterocycles. The van der Waals surface area contributed by atoms with Crippen LogP contribution in [0.4, 0.5) is 0 Å². The summed E-state index contributed by atoms with van der Waals surface area (Å²) in [7, 11) is -3.51. The average Bonchev–Trinajstić information content (AvgIpc) is 2.83. The van der Waals surface area contributed by atoms with Crippen molar-refractivity contribution in [3.8, 4) is 11.5 Å². The lowest BCUT2D eigenvalue weighted by Gasteiger charge is -2.31. The van der Waals surface area contributed by atoms with E-state index in [0.29, 0.717) is 36.2 Å². The lowest BCUT2D eigenvalue weighted by Crippen LogP contribution is -2.42. The lowest BCUT2D eigenvalue weighted by molar-refractivity contribution is 0.104. The normalized spacial score (nSPS) is 16.6. The molecule has 0 spiro atoms. The highest BCUT2D eigenvalue weighted by molar-refractivity contribution is 7.89. The topological polar surface area (TPSA) is 99.1 Å². The molecule has 33 heavy (non-hydrogen) atoms. The van der Waals surface area contributed by atoms with E-state index in [9.17, 15) is 18.6 Å². The van der Waals surface area contributed by atoms with Crippen molar-refractivity contribution in [2.45, 2.75) is 23.8 Å². The summed E-state index contributed by atoms with van der Waals surface area (Å²) in [6.07, 6.45) is 0.895. The van der Waals surface area contributed by atoms with Gasteiger partial charge in [0.05, 0.1) is 4.90 Å². The molecule has 0 radical (unpaired) electrons. The quantitative estimate of drug-likeness (QED) is 0.445. The van der Waals surface area contributed by atoms with Crippen molar-refractivity contribution in [3.05, 3.63) is 66.7 Å². The van der Waals surface area contributed by atoms with Gasteiger partial charge >= 0.3 is 0 Å². The molecule has 3 aromatic rings. The van der Waals surface area contributed by atoms with E-state index in [2.05, 4.69) is 5.32 Å². The predicted molar refractivity (Wildman–Crippen MR) is 128 cm³/mol. The molecule has 176 valence electrons. The monoisotopic (exact) mass is 470 g/mol. The first kappa shape index (κ1) is 23.5. The number of nitrogens with one attached hydrogen (secondary N) is 1. The molecule has 3 aromatic carbocycles. The summed E-state index contributed by atoms with van der Waals surface area (Å²) in [5.74, 6) is 1.12. The maximum atomic E-state index is 13.1. The predicted octanol–water partition coefficient (Wildman–Crippen LogP) is 2.98. The summed E-state index contributed by atoms with van der Waals surface area (Å²) in [4.78, 5) is 0.342. The average molecular weight is 471 g/mol. The van der Waals surface area contributed by atoms with E-state index in [4.69, 9.17) is 4.74 Å². The molecule has 0 amide bonds. The van der Waals surface area contributed by atoms with Gasteiger partial charge in [-0.25, -0.2) is 8.42 Å². The lowest BCUT2D eigenvalue weighted by atomic mass is 9.98. The molecular formula is C25H30N2O5S. The first-order valence-electron chi connectivity index (χ1n) is 11.2. The molecule has 7 nitrogen and oxygen atoms in total. The van der Waals surface area contributed by atoms with Crippen molar-refractivity contribution in [2.75, 3.05) is 32.8 Å². The Morgan fingerprint density at radius 1 is 1.00 bits per heavy atom. The van der Waals surface area contributed by atoms with Crippen LogP contribution >= 0.6 is 0 Å². The number of sulfonamides is 1. The highest BCUT2D eigenvalue weighted by Crippen LogP contribution is 2.26. The molecule has 8 heteroatoms. The van der Waals surface area contributed by atoms with Crippen LogP contribution in [-0.4, -0.2) is 61.8 Å². The maximum Gasteiger partial charge on any atom is 0.243 e. The Morgan fingerprint density at radius 3 is 2.42 bits per heavy atom. The fourth-order valence-electron chi connectivity index (χ4n) is 4.08. The Kier molecular flexibility index (Phi) is 7.49. The van der Waals surface area contributed by atoms with Gasteiger partial charge in [0.25, 0.3) is 0 Å². The highest BCUT2D eigenvalue weighted by atomic mass is 32.2. The zero-order valence-corrected chi connectivity index (χ0v) is 19.2. The van der Waals surface area contributed by atoms with Crippen LogP contribution in [0.3, 0.4) is 0 Å². The van der Waals surface area contributed by atoms with Gasteiger partial charge in [-0.2, -0.15) is 4.31 Å². The molecule has 3 N–H and O–H groups in total. The summed E-state index contributed by atoms with van der Waals surface area (Å²) >= 11 is 0. The number of phenolic OH excluding ortho intramolecular Hbond substituents is 1. The third-order valence-corrected chi connectivity index (χ3v) is 7.92. The Hall–Kier alpha value is -2.65. The Bertz CT molecular complexity index is 1160. The van der Waals surface area contributed by atoms with Crippen LogP contribution in [0.2, 0.25) is 0 Å². The van der Waals surface area contributed by atoms with E-state index in [1.807, 2.05) is 30.3 Å². The van der Waals surface area contributed by atoms with E-state index in [0.717, 1.165) is 30.2 Å². The van der Waals surface area contributed by atoms with Crippen LogP contribution in [0, 0.1) is 5.92 Å². The summed E-state index contributed by atoms with van der Waals surface area (Å²) in [5.41, 5.74) is 0. The minimum Gasteiger partial charge on any atom is -0.508 e. The minimum absolute atomic E-state index is 0.153. The van der Waals surface area contributed by atoms with Gasteiger partial charge in [0.1, 0.15) is 24.2 Å². The molecule has 1 saturated heterocycles. The second kappa shape index (κ2) is 10.5. The molecule has 1 atom stereocenters. The fourth-order valence-corrected chi connectivity index (χ4v) is 5.58. The van der Waals surface area contributed by atoms with Crippen LogP contribution in [0.5, 0.6) is 11.5 Å². The molecule has 0 aromatic heterocycles. The smallest absolute Gasteiger partial charge is 0.243 e. The van der Waals surface area contributed by atoms with Gasteiger partial charge in [-0.05, 0) is 72.5 Å². The van der Waals surface area contributed by atoms with Gasteiger partial charge in [0.2, 0.25) is 10.0 Å². The number of fused-ring (bicyclic) bond motifs is 1. The standard InChI is InChI=1S/C25H30N2O5S/c28-22-6-8-24(9-7-22)32-18-23(29)17-26-16-19-11-13-27(14-12-19)33(30,31)25-10-5-20-3-1-2-4-21(20)15-25/h1-10,15,19,23,26,28-29H,11-14,16-18H2/t23-/m0/s1. The van der Waals surface area contributed by atoms with Crippen LogP contribution in [0.1, 0.15) is 12.8 Å². The number of nitrogens with zero attached hydrogens (tertiary/aromatic N) is 1. The summed E-state index contributed by atoms with van der Waals surface area (Å²) in [5, 5.41) is 24.6. The van der Waals surface area contributed by atoms with E-state index < -0.39 is 16.1 Å². The first-order valence-corrected chi connectivity index (χ1v) is 12.7. The number of phenols is 1. The molecule has 4 rings (SSSR count). The number of aliphatic hydroxyl groups is 1. The van der Waals surface area contributed by atoms with Gasteiger partial charge in [0.15, 0.2) is 0 Å². The molecule has 1 aliphatic rings. The van der Waals surface area contributed by atoms with E-state index in [-0.39, 0.29) is 12.4 Å². The summed E-state index contributed by atoms with van der Waals surface area (Å²) < 4.78 is 33.3. The maximum absolute atomic E-state index is 13.1. The largest absolute Gasteiger partial charge is 0.508 e. The number of hydrogen-bond acceptors (Lipinski definition) is 6. The van der Waals surface area contributed by atoms with Gasteiger partial charge in [0, 0.05) is 19.6 Å². The van der Waals surface area contributed by atoms with Crippen molar-refractivity contribution < 1.29 is 23.4 Å². The SMILES string of the molecule is O=S(=O)(c1ccc2ccccc2c1)N1CCC(CNC[C@H](O)COc2ccc(O)cc2)CC1. The van der Waals surface area contributed by atoms with Gasteiger partial charge in [-0.15, -0.1) is 0 Å². The Labute approximate surface area is 194 Å². The number of hydrogen-bond donors (Lipinski definition) is 3. The molecular weight excluding hydrogens is 440 g/mol. The Balaban J connectivity index is 1.21. The molecule has 0 bridgehead atoms. The van der Waals surface area contributed by atoms with Gasteiger partial charge in [-0.3, -0.25) is 0 Å². The third kappa shape index (κ3) is 6.03. The van der Waals surface area contributed by atoms with Crippen molar-refractivity contribution in [3.63, 3.8) is 0 Å². The molecule has 1 fully saturated rings. The molecule has 0 saturated carbocycles. The minimum atomic E-state index is -3.51. The van der Waals surface area contributed by atoms with Gasteiger partial charge < -0.3 is 20.3 Å². The van der Waals surface area contributed by atoms with E-state index >= 15 is 0 Å². The first-order chi connectivity index (χ1) is 15.9. The molecule has 0 unspecified atom stereocenters. The number of aliphatic hydroxyl groups excluding tert-OH is 1. The number of rotatable bonds is 9. The zero-order chi connectivity index (χ0) is 23.3. The van der Waals surface area contributed by atoms with Crippen LogP contribution in [-0.2, 0) is 10.0 Å². The van der Waals surface area contributed by atoms with Crippen LogP contribution in [0.15, 0.2) is 71.6 Å². The number of ether oxygens (including phenoxy) is 1. The highest BCUT2D eigenvalue weighted by Gasteiger charge is 2.29. The second-order valence-electron chi connectivity index (χ2n) is 8.47. The van der Waals surface area contributed by atoms with Crippen LogP contribution < -0.4 is 10.1 Å². The van der Waals surface area contributed by atoms with Crippen molar-refractivity contribution in [1.29, 1.82) is 0 Å². The third-order valence-electron chi connectivity index (χ3n) is 6.02. The molecule has 0 aliphatic carbocycles. The summed E-state index contributed by atoms with van der Waals surface area (Å²) in [6.45, 7) is 2.26. The van der Waals surface area contributed by atoms with Gasteiger partial charge in [-0.1, -0.05) is 30.3 Å². The van der Waals surface area contributed by atoms with Crippen LogP contribution in [0.25, 0.3) is 10.8 Å². The van der Waals surface area contributed by atoms with Crippen molar-refractivity contribution in [2.24, 2.45) is 5.92 Å². The Morgan fingerprint density at radius 2 is 1.70 bits per heavy atom. The zero-order valence-electron chi connectivity index (χ0n) is 18.4.